The molecular weight excluding hydrogens is 240 g/mol. The van der Waals surface area contributed by atoms with Crippen LogP contribution in [0, 0.1) is 11.6 Å². The SMILES string of the molecule is Nc1cc(C(=O)O)cc(-c2cc(F)ccc2F)c1. The first-order valence-electron chi connectivity index (χ1n) is 5.06. The summed E-state index contributed by atoms with van der Waals surface area (Å²) in [4.78, 5) is 10.9. The minimum absolute atomic E-state index is 0.0233. The summed E-state index contributed by atoms with van der Waals surface area (Å²) < 4.78 is 26.6. The molecule has 0 bridgehead atoms. The predicted molar refractivity (Wildman–Crippen MR) is 63.2 cm³/mol. The fraction of sp³-hybridized carbons (Fsp3) is 0. The van der Waals surface area contributed by atoms with Crippen molar-refractivity contribution in [1.82, 2.24) is 0 Å². The summed E-state index contributed by atoms with van der Waals surface area (Å²) in [6.45, 7) is 0. The van der Waals surface area contributed by atoms with E-state index in [9.17, 15) is 13.6 Å². The number of nitrogens with two attached hydrogens (primary N) is 1. The molecule has 2 aromatic rings. The molecule has 0 aliphatic rings. The van der Waals surface area contributed by atoms with E-state index in [1.807, 2.05) is 0 Å². The Bertz CT molecular complexity index is 626. The lowest BCUT2D eigenvalue weighted by molar-refractivity contribution is 0.0697. The fourth-order valence-electron chi connectivity index (χ4n) is 1.65. The van der Waals surface area contributed by atoms with Crippen molar-refractivity contribution in [2.75, 3.05) is 5.73 Å². The molecule has 0 spiro atoms. The molecule has 3 N–H and O–H groups in total. The van der Waals surface area contributed by atoms with Crippen LogP contribution in [0.4, 0.5) is 14.5 Å². The van der Waals surface area contributed by atoms with Gasteiger partial charge in [0.2, 0.25) is 0 Å². The molecule has 0 unspecified atom stereocenters. The van der Waals surface area contributed by atoms with Crippen LogP contribution in [0.15, 0.2) is 36.4 Å². The monoisotopic (exact) mass is 249 g/mol. The van der Waals surface area contributed by atoms with Gasteiger partial charge in [0.05, 0.1) is 5.56 Å². The molecule has 5 heteroatoms. The molecular formula is C13H9F2NO2. The van der Waals surface area contributed by atoms with Crippen LogP contribution in [-0.2, 0) is 0 Å². The van der Waals surface area contributed by atoms with Crippen LogP contribution < -0.4 is 5.73 Å². The maximum Gasteiger partial charge on any atom is 0.335 e. The van der Waals surface area contributed by atoms with Crippen LogP contribution in [0.25, 0.3) is 11.1 Å². The van der Waals surface area contributed by atoms with Crippen LogP contribution in [0.1, 0.15) is 10.4 Å². The van der Waals surface area contributed by atoms with Crippen molar-refractivity contribution in [2.45, 2.75) is 0 Å². The van der Waals surface area contributed by atoms with E-state index in [1.165, 1.54) is 18.2 Å². The Balaban J connectivity index is 2.63. The molecule has 0 aromatic heterocycles. The maximum absolute atomic E-state index is 13.6. The molecule has 2 aromatic carbocycles. The Morgan fingerprint density at radius 2 is 1.83 bits per heavy atom. The first kappa shape index (κ1) is 12.0. The van der Waals surface area contributed by atoms with Gasteiger partial charge >= 0.3 is 5.97 Å². The predicted octanol–water partition coefficient (Wildman–Crippen LogP) is 2.91. The number of carbonyl (C=O) groups is 1. The summed E-state index contributed by atoms with van der Waals surface area (Å²) in [5, 5.41) is 8.88. The third kappa shape index (κ3) is 2.29. The molecule has 2 rings (SSSR count). The van der Waals surface area contributed by atoms with Gasteiger partial charge in [0.25, 0.3) is 0 Å². The molecule has 0 heterocycles. The lowest BCUT2D eigenvalue weighted by Crippen LogP contribution is -1.99. The average Bonchev–Trinajstić information content (AvgIpc) is 2.31. The van der Waals surface area contributed by atoms with Gasteiger partial charge in [-0.25, -0.2) is 13.6 Å². The van der Waals surface area contributed by atoms with Crippen LogP contribution in [0.2, 0.25) is 0 Å². The Labute approximate surface area is 101 Å². The highest BCUT2D eigenvalue weighted by Gasteiger charge is 2.11. The molecule has 0 amide bonds. The summed E-state index contributed by atoms with van der Waals surface area (Å²) in [5.41, 5.74) is 5.85. The molecule has 0 saturated heterocycles. The number of aromatic carboxylic acids is 1. The van der Waals surface area contributed by atoms with Crippen molar-refractivity contribution in [3.8, 4) is 11.1 Å². The zero-order chi connectivity index (χ0) is 13.3. The van der Waals surface area contributed by atoms with E-state index in [-0.39, 0.29) is 22.4 Å². The normalized spacial score (nSPS) is 10.3. The van der Waals surface area contributed by atoms with Crippen molar-refractivity contribution >= 4 is 11.7 Å². The highest BCUT2D eigenvalue weighted by atomic mass is 19.1. The third-order valence-electron chi connectivity index (χ3n) is 2.44. The highest BCUT2D eigenvalue weighted by molar-refractivity contribution is 5.91. The van der Waals surface area contributed by atoms with Crippen molar-refractivity contribution in [3.05, 3.63) is 53.6 Å². The number of carboxylic acids is 1. The van der Waals surface area contributed by atoms with Gasteiger partial charge in [-0.15, -0.1) is 0 Å². The first-order valence-corrected chi connectivity index (χ1v) is 5.06. The smallest absolute Gasteiger partial charge is 0.335 e. The van der Waals surface area contributed by atoms with Crippen LogP contribution in [0.3, 0.4) is 0 Å². The molecule has 0 radical (unpaired) electrons. The number of rotatable bonds is 2. The Hall–Kier alpha value is -2.43. The van der Waals surface area contributed by atoms with E-state index >= 15 is 0 Å². The molecule has 0 fully saturated rings. The van der Waals surface area contributed by atoms with E-state index in [4.69, 9.17) is 10.8 Å². The second kappa shape index (κ2) is 4.44. The zero-order valence-corrected chi connectivity index (χ0v) is 9.15. The highest BCUT2D eigenvalue weighted by Crippen LogP contribution is 2.26. The number of carboxylic acid groups (broad SMARTS) is 1. The van der Waals surface area contributed by atoms with Crippen molar-refractivity contribution in [3.63, 3.8) is 0 Å². The molecule has 0 aliphatic heterocycles. The minimum Gasteiger partial charge on any atom is -0.478 e. The van der Waals surface area contributed by atoms with Gasteiger partial charge in [0, 0.05) is 11.3 Å². The van der Waals surface area contributed by atoms with E-state index in [2.05, 4.69) is 0 Å². The molecule has 3 nitrogen and oxygen atoms in total. The topological polar surface area (TPSA) is 63.3 Å². The Morgan fingerprint density at radius 1 is 1.11 bits per heavy atom. The summed E-state index contributed by atoms with van der Waals surface area (Å²) in [6, 6.07) is 6.86. The van der Waals surface area contributed by atoms with Gasteiger partial charge < -0.3 is 10.8 Å². The van der Waals surface area contributed by atoms with Gasteiger partial charge in [-0.1, -0.05) is 0 Å². The molecule has 0 atom stereocenters. The molecule has 0 aliphatic carbocycles. The molecule has 18 heavy (non-hydrogen) atoms. The number of benzene rings is 2. The van der Waals surface area contributed by atoms with E-state index in [1.54, 1.807) is 0 Å². The van der Waals surface area contributed by atoms with Crippen LogP contribution in [0.5, 0.6) is 0 Å². The van der Waals surface area contributed by atoms with Crippen molar-refractivity contribution in [1.29, 1.82) is 0 Å². The average molecular weight is 249 g/mol. The number of halogens is 2. The zero-order valence-electron chi connectivity index (χ0n) is 9.15. The second-order valence-electron chi connectivity index (χ2n) is 3.77. The van der Waals surface area contributed by atoms with Crippen LogP contribution >= 0.6 is 0 Å². The van der Waals surface area contributed by atoms with Crippen molar-refractivity contribution < 1.29 is 18.7 Å². The minimum atomic E-state index is -1.18. The largest absolute Gasteiger partial charge is 0.478 e. The van der Waals surface area contributed by atoms with Gasteiger partial charge in [-0.3, -0.25) is 0 Å². The third-order valence-corrected chi connectivity index (χ3v) is 2.44. The van der Waals surface area contributed by atoms with Gasteiger partial charge in [0.1, 0.15) is 11.6 Å². The molecule has 92 valence electrons. The summed E-state index contributed by atoms with van der Waals surface area (Å²) in [6.07, 6.45) is 0. The summed E-state index contributed by atoms with van der Waals surface area (Å²) in [5.74, 6) is -2.43. The summed E-state index contributed by atoms with van der Waals surface area (Å²) in [7, 11) is 0. The molecule has 0 saturated carbocycles. The maximum atomic E-state index is 13.6. The van der Waals surface area contributed by atoms with Gasteiger partial charge in [-0.05, 0) is 42.0 Å². The Morgan fingerprint density at radius 3 is 2.50 bits per heavy atom. The lowest BCUT2D eigenvalue weighted by Gasteiger charge is -2.06. The Kier molecular flexibility index (Phi) is 2.97. The fourth-order valence-corrected chi connectivity index (χ4v) is 1.65. The quantitative estimate of drug-likeness (QED) is 0.804. The standard InChI is InChI=1S/C13H9F2NO2/c14-9-1-2-12(15)11(6-9)7-3-8(13(17)18)5-10(16)4-7/h1-6H,16H2,(H,17,18). The second-order valence-corrected chi connectivity index (χ2v) is 3.77. The van der Waals surface area contributed by atoms with E-state index in [0.717, 1.165) is 18.2 Å². The number of hydrogen-bond donors (Lipinski definition) is 2. The van der Waals surface area contributed by atoms with E-state index in [0.29, 0.717) is 0 Å². The van der Waals surface area contributed by atoms with Gasteiger partial charge in [-0.2, -0.15) is 0 Å². The number of anilines is 1. The van der Waals surface area contributed by atoms with Gasteiger partial charge in [0.15, 0.2) is 0 Å². The lowest BCUT2D eigenvalue weighted by atomic mass is 10.0. The van der Waals surface area contributed by atoms with E-state index < -0.39 is 17.6 Å². The van der Waals surface area contributed by atoms with Crippen molar-refractivity contribution in [2.24, 2.45) is 0 Å². The summed E-state index contributed by atoms with van der Waals surface area (Å²) >= 11 is 0. The first-order chi connectivity index (χ1) is 8.47. The number of hydrogen-bond acceptors (Lipinski definition) is 2. The van der Waals surface area contributed by atoms with Crippen LogP contribution in [-0.4, -0.2) is 11.1 Å². The number of nitrogen functional groups attached to an aromatic ring is 1.